The number of nitrogens with one attached hydrogen (secondary N) is 4. The summed E-state index contributed by atoms with van der Waals surface area (Å²) in [5.41, 5.74) is 0.170. The van der Waals surface area contributed by atoms with Crippen LogP contribution in [0, 0.1) is 17.6 Å². The number of amides is 7. The van der Waals surface area contributed by atoms with Crippen LogP contribution in [0.25, 0.3) is 0 Å². The van der Waals surface area contributed by atoms with Gasteiger partial charge in [-0.05, 0) is 81.0 Å². The first-order chi connectivity index (χ1) is 28.6. The minimum Gasteiger partial charge on any atom is -0.463 e. The van der Waals surface area contributed by atoms with E-state index in [4.69, 9.17) is 14.2 Å². The molecule has 0 aliphatic carbocycles. The number of esters is 1. The number of urea groups is 1. The molecule has 4 N–H and O–H groups in total. The first kappa shape index (κ1) is 43.7. The molecule has 0 saturated carbocycles. The molecule has 0 radical (unpaired) electrons. The molecule has 4 aliphatic rings. The highest BCUT2D eigenvalue weighted by atomic mass is 19.1. The second-order valence-corrected chi connectivity index (χ2v) is 15.4. The van der Waals surface area contributed by atoms with Gasteiger partial charge < -0.3 is 50.2 Å². The third kappa shape index (κ3) is 10.1. The highest BCUT2D eigenvalue weighted by molar-refractivity contribution is 5.99. The van der Waals surface area contributed by atoms with Gasteiger partial charge in [-0.1, -0.05) is 6.92 Å². The lowest BCUT2D eigenvalue weighted by molar-refractivity contribution is -0.164. The number of halogens is 3. The molecule has 4 saturated heterocycles. The molecule has 4 aliphatic heterocycles. The number of benzene rings is 2. The fourth-order valence-electron chi connectivity index (χ4n) is 8.04. The number of hydrogen-bond acceptors (Lipinski definition) is 10. The van der Waals surface area contributed by atoms with E-state index in [0.717, 1.165) is 12.1 Å². The summed E-state index contributed by atoms with van der Waals surface area (Å²) in [5.74, 6) is -6.40. The Morgan fingerprint density at radius 2 is 1.60 bits per heavy atom. The quantitative estimate of drug-likeness (QED) is 0.281. The second-order valence-electron chi connectivity index (χ2n) is 15.4. The molecule has 3 unspecified atom stereocenters. The van der Waals surface area contributed by atoms with Gasteiger partial charge in [0.25, 0.3) is 0 Å². The van der Waals surface area contributed by atoms with Crippen LogP contribution < -0.4 is 26.0 Å². The van der Waals surface area contributed by atoms with E-state index >= 15 is 0 Å². The van der Waals surface area contributed by atoms with Crippen molar-refractivity contribution in [2.45, 2.75) is 88.8 Å². The van der Waals surface area contributed by atoms with Crippen LogP contribution in [-0.2, 0) is 44.7 Å². The lowest BCUT2D eigenvalue weighted by atomic mass is 10.0. The molecule has 4 heterocycles. The minimum absolute atomic E-state index is 0.0172. The summed E-state index contributed by atoms with van der Waals surface area (Å²) in [4.78, 5) is 102. The van der Waals surface area contributed by atoms with E-state index in [9.17, 15) is 46.7 Å². The molecule has 0 spiro atoms. The average molecular weight is 844 g/mol. The van der Waals surface area contributed by atoms with Crippen molar-refractivity contribution < 1.29 is 60.9 Å². The fraction of sp³-hybridized carbons (Fsp3) is 0.525. The minimum atomic E-state index is -1.69. The number of rotatable bonds is 8. The predicted molar refractivity (Wildman–Crippen MR) is 204 cm³/mol. The third-order valence-electron chi connectivity index (χ3n) is 11.0. The Kier molecular flexibility index (Phi) is 13.8. The molecule has 8 atom stereocenters. The zero-order chi connectivity index (χ0) is 43.2. The van der Waals surface area contributed by atoms with Crippen molar-refractivity contribution in [2.75, 3.05) is 45.0 Å². The van der Waals surface area contributed by atoms with Crippen LogP contribution in [0.4, 0.5) is 23.7 Å². The van der Waals surface area contributed by atoms with Crippen molar-refractivity contribution in [3.63, 3.8) is 0 Å². The summed E-state index contributed by atoms with van der Waals surface area (Å²) in [7, 11) is 0. The largest absolute Gasteiger partial charge is 0.463 e. The molecule has 17 nitrogen and oxygen atoms in total. The molecule has 4 fully saturated rings. The predicted octanol–water partition coefficient (Wildman–Crippen LogP) is 1.39. The van der Waals surface area contributed by atoms with Crippen molar-refractivity contribution in [1.29, 1.82) is 0 Å². The van der Waals surface area contributed by atoms with Gasteiger partial charge in [0, 0.05) is 37.8 Å². The van der Waals surface area contributed by atoms with Crippen LogP contribution in [-0.4, -0.2) is 138 Å². The van der Waals surface area contributed by atoms with Gasteiger partial charge in [-0.2, -0.15) is 0 Å². The summed E-state index contributed by atoms with van der Waals surface area (Å²) in [6.45, 7) is 3.76. The van der Waals surface area contributed by atoms with Gasteiger partial charge in [-0.25, -0.2) is 22.8 Å². The highest BCUT2D eigenvalue weighted by Gasteiger charge is 2.47. The molecule has 2 aromatic rings. The maximum Gasteiger partial charge on any atom is 0.329 e. The lowest BCUT2D eigenvalue weighted by Crippen LogP contribution is -2.64. The van der Waals surface area contributed by atoms with E-state index < -0.39 is 109 Å². The van der Waals surface area contributed by atoms with Gasteiger partial charge in [-0.15, -0.1) is 0 Å². The molecular weight excluding hydrogens is 795 g/mol. The molecule has 324 valence electrons. The van der Waals surface area contributed by atoms with Gasteiger partial charge in [0.05, 0.1) is 13.2 Å². The zero-order valence-electron chi connectivity index (χ0n) is 33.3. The van der Waals surface area contributed by atoms with Crippen LogP contribution in [0.15, 0.2) is 42.5 Å². The number of morpholine rings is 1. The van der Waals surface area contributed by atoms with Crippen molar-refractivity contribution in [3.05, 3.63) is 59.7 Å². The number of carbonyl (C=O) groups is 7. The molecule has 6 rings (SSSR count). The number of cyclic esters (lactones) is 1. The van der Waals surface area contributed by atoms with E-state index in [0.29, 0.717) is 12.5 Å². The van der Waals surface area contributed by atoms with E-state index in [1.54, 1.807) is 0 Å². The second kappa shape index (κ2) is 19.0. The van der Waals surface area contributed by atoms with Crippen molar-refractivity contribution in [2.24, 2.45) is 5.92 Å². The van der Waals surface area contributed by atoms with Crippen LogP contribution in [0.5, 0.6) is 5.75 Å². The zero-order valence-corrected chi connectivity index (χ0v) is 33.3. The summed E-state index contributed by atoms with van der Waals surface area (Å²) < 4.78 is 57.5. The Morgan fingerprint density at radius 3 is 2.30 bits per heavy atom. The molecule has 0 aromatic heterocycles. The number of anilines is 1. The molecular formula is C40H48F3N7O10. The van der Waals surface area contributed by atoms with Crippen LogP contribution in [0.1, 0.15) is 45.6 Å². The van der Waals surface area contributed by atoms with Crippen molar-refractivity contribution in [1.82, 2.24) is 30.7 Å². The van der Waals surface area contributed by atoms with Crippen LogP contribution >= 0.6 is 0 Å². The number of alkyl halides is 1. The molecule has 7 amide bonds. The Balaban J connectivity index is 1.33. The monoisotopic (exact) mass is 843 g/mol. The van der Waals surface area contributed by atoms with Gasteiger partial charge in [0.1, 0.15) is 59.7 Å². The Morgan fingerprint density at radius 1 is 0.900 bits per heavy atom. The fourth-order valence-corrected chi connectivity index (χ4v) is 8.04. The van der Waals surface area contributed by atoms with Crippen LogP contribution in [0.2, 0.25) is 0 Å². The normalized spacial score (nSPS) is 26.9. The molecule has 20 heteroatoms. The lowest BCUT2D eigenvalue weighted by Gasteiger charge is -2.39. The molecule has 0 bridgehead atoms. The van der Waals surface area contributed by atoms with Gasteiger partial charge in [-0.3, -0.25) is 24.0 Å². The topological polar surface area (TPSA) is 205 Å². The van der Waals surface area contributed by atoms with E-state index in [1.807, 2.05) is 6.92 Å². The van der Waals surface area contributed by atoms with Gasteiger partial charge >= 0.3 is 12.0 Å². The van der Waals surface area contributed by atoms with Gasteiger partial charge in [0.15, 0.2) is 0 Å². The molecule has 2 aromatic carbocycles. The number of hydrogen-bond donors (Lipinski definition) is 4. The number of carbonyl (C=O) groups excluding carboxylic acids is 7. The first-order valence-electron chi connectivity index (χ1n) is 19.7. The van der Waals surface area contributed by atoms with Crippen LogP contribution in [0.3, 0.4) is 0 Å². The van der Waals surface area contributed by atoms with Gasteiger partial charge in [0.2, 0.25) is 36.4 Å². The number of fused-ring (bicyclic) bond motifs is 3. The van der Waals surface area contributed by atoms with E-state index in [2.05, 4.69) is 21.3 Å². The summed E-state index contributed by atoms with van der Waals surface area (Å²) in [6, 6.07) is -0.560. The van der Waals surface area contributed by atoms with Crippen molar-refractivity contribution in [3.8, 4) is 5.75 Å². The standard InChI is InChI=1S/C40H48F3N7O10/c1-21-13-31-39(56)60-23(3)33(38(55)48-10-4-5-30(48)37(54)49-11-12-58-19-32(49)35(52)44-22(2)36(53)50(31)18-21)47-34(51)29(16-24-14-25(42)17-26(43)15-24)46-40(57)45-27-6-8-28(9-7-27)59-20-41/h6-9,14-15,17,21-23,29-33H,4-5,10-13,16,18-20H2,1-3H3,(H,44,52)(H,47,51)(H2,45,46,57)/t21-,22-,23-,29-,30?,31?,32?,33-/m0/s1. The summed E-state index contributed by atoms with van der Waals surface area (Å²) >= 11 is 0. The number of nitrogens with zero attached hydrogens (tertiary/aromatic N) is 3. The maximum atomic E-state index is 14.7. The SMILES string of the molecule is C[C@H]1CC2C(=O)O[C@@H](C)[C@H](NC(=O)[C@H](Cc3cc(F)cc(F)c3)NC(=O)Nc3ccc(OCF)cc3)C(=O)N3CCCC3C(=O)N3CCOCC3C(=O)N[C@@H](C)C(=O)N2C1. The first-order valence-corrected chi connectivity index (χ1v) is 19.7. The summed E-state index contributed by atoms with van der Waals surface area (Å²) in [5, 5.41) is 10.2. The average Bonchev–Trinajstić information content (AvgIpc) is 3.86. The molecule has 60 heavy (non-hydrogen) atoms. The smallest absolute Gasteiger partial charge is 0.329 e. The summed E-state index contributed by atoms with van der Waals surface area (Å²) in [6.07, 6.45) is -1.13. The Hall–Kier alpha value is -5.92. The number of ether oxygens (including phenoxy) is 3. The third-order valence-corrected chi connectivity index (χ3v) is 11.0. The van der Waals surface area contributed by atoms with E-state index in [1.165, 1.54) is 52.8 Å². The highest BCUT2D eigenvalue weighted by Crippen LogP contribution is 2.28. The Labute approximate surface area is 343 Å². The van der Waals surface area contributed by atoms with Crippen molar-refractivity contribution >= 4 is 47.2 Å². The van der Waals surface area contributed by atoms with E-state index in [-0.39, 0.29) is 68.6 Å². The maximum absolute atomic E-state index is 14.7. The Bertz CT molecular complexity index is 1950.